The molecule has 0 bridgehead atoms. The Morgan fingerprint density at radius 1 is 0.810 bits per heavy atom. The van der Waals surface area contributed by atoms with Crippen LogP contribution < -0.4 is 16.2 Å². The molecule has 6 heteroatoms. The smallest absolute Gasteiger partial charge is 0.142 e. The largest absolute Gasteiger partial charge is 0.489 e. The summed E-state index contributed by atoms with van der Waals surface area (Å²) < 4.78 is 21.5. The zero-order valence-electron chi connectivity index (χ0n) is 12.7. The number of nitrogen functional groups attached to an aromatic ring is 2. The van der Waals surface area contributed by atoms with Crippen molar-refractivity contribution < 1.29 is 18.9 Å². The summed E-state index contributed by atoms with van der Waals surface area (Å²) in [6.45, 7) is 6.11. The molecule has 0 aliphatic rings. The van der Waals surface area contributed by atoms with Crippen molar-refractivity contribution in [2.45, 2.75) is 13.3 Å². The Labute approximate surface area is 126 Å². The van der Waals surface area contributed by atoms with Crippen LogP contribution in [-0.4, -0.2) is 46.2 Å². The van der Waals surface area contributed by atoms with Crippen molar-refractivity contribution in [2.75, 3.05) is 57.7 Å². The van der Waals surface area contributed by atoms with Gasteiger partial charge in [-0.25, -0.2) is 0 Å². The fraction of sp³-hybridized carbons (Fsp3) is 0.600. The van der Waals surface area contributed by atoms with Crippen LogP contribution in [0.1, 0.15) is 13.3 Å². The first-order valence-electron chi connectivity index (χ1n) is 7.25. The summed E-state index contributed by atoms with van der Waals surface area (Å²) in [6, 6.07) is 5.18. The Balaban J connectivity index is 1.93. The lowest BCUT2D eigenvalue weighted by atomic mass is 10.2. The SMILES string of the molecule is CCCOCCOCCOCCOc1ccc(N)cc1N. The highest BCUT2D eigenvalue weighted by atomic mass is 16.6. The van der Waals surface area contributed by atoms with Crippen LogP contribution in [0.2, 0.25) is 0 Å². The maximum Gasteiger partial charge on any atom is 0.142 e. The highest BCUT2D eigenvalue weighted by Gasteiger charge is 2.00. The molecule has 0 aliphatic heterocycles. The first kappa shape index (κ1) is 17.6. The molecule has 0 fully saturated rings. The first-order valence-corrected chi connectivity index (χ1v) is 7.25. The number of hydrogen-bond acceptors (Lipinski definition) is 6. The van der Waals surface area contributed by atoms with Gasteiger partial charge in [0.1, 0.15) is 12.4 Å². The third kappa shape index (κ3) is 8.39. The molecule has 0 aliphatic carbocycles. The highest BCUT2D eigenvalue weighted by Crippen LogP contribution is 2.23. The summed E-state index contributed by atoms with van der Waals surface area (Å²) >= 11 is 0. The molecule has 6 nitrogen and oxygen atoms in total. The Morgan fingerprint density at radius 2 is 1.38 bits per heavy atom. The second kappa shape index (κ2) is 11.2. The summed E-state index contributed by atoms with van der Waals surface area (Å²) in [6.07, 6.45) is 1.03. The molecule has 0 radical (unpaired) electrons. The van der Waals surface area contributed by atoms with E-state index in [1.807, 2.05) is 0 Å². The van der Waals surface area contributed by atoms with Gasteiger partial charge in [-0.2, -0.15) is 0 Å². The number of ether oxygens (including phenoxy) is 4. The zero-order valence-corrected chi connectivity index (χ0v) is 12.7. The van der Waals surface area contributed by atoms with Crippen molar-refractivity contribution in [2.24, 2.45) is 0 Å². The lowest BCUT2D eigenvalue weighted by molar-refractivity contribution is 0.00949. The summed E-state index contributed by atoms with van der Waals surface area (Å²) in [5.74, 6) is 0.622. The van der Waals surface area contributed by atoms with Crippen molar-refractivity contribution in [3.05, 3.63) is 18.2 Å². The van der Waals surface area contributed by atoms with E-state index in [1.165, 1.54) is 0 Å². The van der Waals surface area contributed by atoms with Gasteiger partial charge in [-0.3, -0.25) is 0 Å². The van der Waals surface area contributed by atoms with Gasteiger partial charge in [0.2, 0.25) is 0 Å². The van der Waals surface area contributed by atoms with E-state index in [0.29, 0.717) is 56.8 Å². The zero-order chi connectivity index (χ0) is 15.3. The molecule has 0 spiro atoms. The van der Waals surface area contributed by atoms with Crippen molar-refractivity contribution in [3.63, 3.8) is 0 Å². The number of rotatable bonds is 12. The van der Waals surface area contributed by atoms with Crippen LogP contribution in [0.4, 0.5) is 11.4 Å². The molecule has 4 N–H and O–H groups in total. The minimum atomic E-state index is 0.438. The van der Waals surface area contributed by atoms with Crippen molar-refractivity contribution >= 4 is 11.4 Å². The molecule has 0 amide bonds. The maximum absolute atomic E-state index is 5.77. The van der Waals surface area contributed by atoms with E-state index in [4.69, 9.17) is 30.4 Å². The van der Waals surface area contributed by atoms with Crippen molar-refractivity contribution in [1.29, 1.82) is 0 Å². The maximum atomic E-state index is 5.77. The molecule has 1 aromatic carbocycles. The van der Waals surface area contributed by atoms with E-state index >= 15 is 0 Å². The minimum absolute atomic E-state index is 0.438. The van der Waals surface area contributed by atoms with Gasteiger partial charge in [-0.05, 0) is 24.6 Å². The minimum Gasteiger partial charge on any atom is -0.489 e. The average Bonchev–Trinajstić information content (AvgIpc) is 2.46. The van der Waals surface area contributed by atoms with Gasteiger partial charge in [-0.15, -0.1) is 0 Å². The van der Waals surface area contributed by atoms with Gasteiger partial charge in [-0.1, -0.05) is 6.92 Å². The molecule has 0 saturated heterocycles. The van der Waals surface area contributed by atoms with E-state index < -0.39 is 0 Å². The summed E-state index contributed by atoms with van der Waals surface area (Å²) in [4.78, 5) is 0. The number of nitrogens with two attached hydrogens (primary N) is 2. The predicted octanol–water partition coefficient (Wildman–Crippen LogP) is 1.69. The van der Waals surface area contributed by atoms with E-state index in [1.54, 1.807) is 18.2 Å². The van der Waals surface area contributed by atoms with Crippen LogP contribution in [0.3, 0.4) is 0 Å². The van der Waals surface area contributed by atoms with Crippen LogP contribution in [0, 0.1) is 0 Å². The van der Waals surface area contributed by atoms with E-state index in [2.05, 4.69) is 6.92 Å². The Bertz CT molecular complexity index is 388. The molecule has 1 rings (SSSR count). The first-order chi connectivity index (χ1) is 10.2. The summed E-state index contributed by atoms with van der Waals surface area (Å²) in [5, 5.41) is 0. The average molecular weight is 298 g/mol. The van der Waals surface area contributed by atoms with Gasteiger partial charge in [0.05, 0.1) is 38.7 Å². The Morgan fingerprint density at radius 3 is 1.95 bits per heavy atom. The van der Waals surface area contributed by atoms with E-state index in [-0.39, 0.29) is 0 Å². The van der Waals surface area contributed by atoms with Gasteiger partial charge < -0.3 is 30.4 Å². The summed E-state index contributed by atoms with van der Waals surface area (Å²) in [5.41, 5.74) is 12.5. The quantitative estimate of drug-likeness (QED) is 0.451. The third-order valence-corrected chi connectivity index (χ3v) is 2.61. The van der Waals surface area contributed by atoms with Crippen LogP contribution >= 0.6 is 0 Å². The molecule has 1 aromatic rings. The van der Waals surface area contributed by atoms with Gasteiger partial charge in [0, 0.05) is 12.3 Å². The van der Waals surface area contributed by atoms with Gasteiger partial charge in [0.25, 0.3) is 0 Å². The monoisotopic (exact) mass is 298 g/mol. The number of anilines is 2. The predicted molar refractivity (Wildman–Crippen MR) is 83.5 cm³/mol. The van der Waals surface area contributed by atoms with Crippen molar-refractivity contribution in [1.82, 2.24) is 0 Å². The van der Waals surface area contributed by atoms with Crippen LogP contribution in [-0.2, 0) is 14.2 Å². The van der Waals surface area contributed by atoms with Crippen molar-refractivity contribution in [3.8, 4) is 5.75 Å². The molecule has 0 unspecified atom stereocenters. The molecule has 21 heavy (non-hydrogen) atoms. The molecule has 0 aromatic heterocycles. The topological polar surface area (TPSA) is 89.0 Å². The molecule has 0 saturated carbocycles. The number of hydrogen-bond donors (Lipinski definition) is 2. The fourth-order valence-electron chi connectivity index (χ4n) is 1.60. The Hall–Kier alpha value is -1.50. The summed E-state index contributed by atoms with van der Waals surface area (Å²) in [7, 11) is 0. The van der Waals surface area contributed by atoms with Crippen LogP contribution in [0.5, 0.6) is 5.75 Å². The standard InChI is InChI=1S/C15H26N2O4/c1-2-5-18-6-7-19-8-9-20-10-11-21-15-4-3-13(16)12-14(15)17/h3-4,12H,2,5-11,16-17H2,1H3. The molecule has 0 atom stereocenters. The second-order valence-electron chi connectivity index (χ2n) is 4.48. The van der Waals surface area contributed by atoms with Gasteiger partial charge in [0.15, 0.2) is 0 Å². The lowest BCUT2D eigenvalue weighted by Crippen LogP contribution is -2.13. The fourth-order valence-corrected chi connectivity index (χ4v) is 1.60. The second-order valence-corrected chi connectivity index (χ2v) is 4.48. The number of benzene rings is 1. The molecule has 120 valence electrons. The highest BCUT2D eigenvalue weighted by molar-refractivity contribution is 5.60. The van der Waals surface area contributed by atoms with Crippen LogP contribution in [0.15, 0.2) is 18.2 Å². The van der Waals surface area contributed by atoms with E-state index in [0.717, 1.165) is 13.0 Å². The normalized spacial score (nSPS) is 10.7. The van der Waals surface area contributed by atoms with E-state index in [9.17, 15) is 0 Å². The Kier molecular flexibility index (Phi) is 9.35. The van der Waals surface area contributed by atoms with Gasteiger partial charge >= 0.3 is 0 Å². The lowest BCUT2D eigenvalue weighted by Gasteiger charge is -2.10. The third-order valence-electron chi connectivity index (χ3n) is 2.61. The molecular weight excluding hydrogens is 272 g/mol. The van der Waals surface area contributed by atoms with Crippen LogP contribution in [0.25, 0.3) is 0 Å². The molecular formula is C15H26N2O4. The molecule has 0 heterocycles.